The van der Waals surface area contributed by atoms with Crippen molar-refractivity contribution in [2.45, 2.75) is 37.5 Å². The first-order valence-electron chi connectivity index (χ1n) is 9.49. The van der Waals surface area contributed by atoms with Crippen molar-refractivity contribution in [2.75, 3.05) is 32.8 Å². The Morgan fingerprint density at radius 1 is 1.04 bits per heavy atom. The third-order valence-electron chi connectivity index (χ3n) is 5.21. The first kappa shape index (κ1) is 19.8. The molecule has 1 aromatic rings. The smallest absolute Gasteiger partial charge is 0.309 e. The molecule has 0 unspecified atom stereocenters. The van der Waals surface area contributed by atoms with E-state index in [1.165, 1.54) is 16.4 Å². The van der Waals surface area contributed by atoms with E-state index in [9.17, 15) is 18.0 Å². The van der Waals surface area contributed by atoms with Crippen LogP contribution in [0.15, 0.2) is 29.2 Å². The lowest BCUT2D eigenvalue weighted by Gasteiger charge is -2.31. The van der Waals surface area contributed by atoms with Crippen LogP contribution in [0.2, 0.25) is 0 Å². The van der Waals surface area contributed by atoms with E-state index in [1.54, 1.807) is 24.0 Å². The van der Waals surface area contributed by atoms with Crippen LogP contribution in [-0.4, -0.2) is 62.3 Å². The molecular weight excluding hydrogens is 368 g/mol. The molecule has 0 radical (unpaired) electrons. The maximum atomic E-state index is 12.7. The van der Waals surface area contributed by atoms with E-state index in [4.69, 9.17) is 4.74 Å². The summed E-state index contributed by atoms with van der Waals surface area (Å²) in [5.41, 5.74) is 0.463. The van der Waals surface area contributed by atoms with E-state index < -0.39 is 10.0 Å². The lowest BCUT2D eigenvalue weighted by Crippen LogP contribution is -2.40. The van der Waals surface area contributed by atoms with Gasteiger partial charge in [-0.05, 0) is 56.9 Å². The van der Waals surface area contributed by atoms with Crippen LogP contribution in [0.25, 0.3) is 0 Å². The zero-order valence-electron chi connectivity index (χ0n) is 15.6. The molecule has 3 rings (SSSR count). The van der Waals surface area contributed by atoms with Gasteiger partial charge in [0, 0.05) is 31.7 Å². The topological polar surface area (TPSA) is 84.0 Å². The summed E-state index contributed by atoms with van der Waals surface area (Å²) in [4.78, 5) is 26.4. The van der Waals surface area contributed by atoms with Crippen LogP contribution in [0.1, 0.15) is 43.0 Å². The zero-order valence-corrected chi connectivity index (χ0v) is 16.4. The number of carbonyl (C=O) groups is 2. The van der Waals surface area contributed by atoms with Gasteiger partial charge in [-0.1, -0.05) is 0 Å². The Bertz CT molecular complexity index is 777. The van der Waals surface area contributed by atoms with E-state index in [0.717, 1.165) is 12.8 Å². The summed E-state index contributed by atoms with van der Waals surface area (Å²) < 4.78 is 31.7. The standard InChI is InChI=1S/C19H26N2O5S/c1-2-26-19(23)16-9-13-20(14-10-16)18(22)15-5-7-17(8-6-15)27(24,25)21-11-3-4-12-21/h5-8,16H,2-4,9-14H2,1H3. The molecule has 2 saturated heterocycles. The van der Waals surface area contributed by atoms with Crippen LogP contribution in [0.4, 0.5) is 0 Å². The molecule has 0 atom stereocenters. The number of hydrogen-bond donors (Lipinski definition) is 0. The predicted molar refractivity (Wildman–Crippen MR) is 99.7 cm³/mol. The van der Waals surface area contributed by atoms with Gasteiger partial charge in [-0.15, -0.1) is 0 Å². The second kappa shape index (κ2) is 8.39. The average molecular weight is 394 g/mol. The SMILES string of the molecule is CCOC(=O)C1CCN(C(=O)c2ccc(S(=O)(=O)N3CCCC3)cc2)CC1. The summed E-state index contributed by atoms with van der Waals surface area (Å²) in [7, 11) is -3.47. The Hall–Kier alpha value is -1.93. The number of esters is 1. The van der Waals surface area contributed by atoms with Crippen LogP contribution < -0.4 is 0 Å². The summed E-state index contributed by atoms with van der Waals surface area (Å²) in [5.74, 6) is -0.481. The molecule has 27 heavy (non-hydrogen) atoms. The molecular formula is C19H26N2O5S. The predicted octanol–water partition coefficient (Wildman–Crippen LogP) is 1.89. The zero-order chi connectivity index (χ0) is 19.4. The first-order valence-corrected chi connectivity index (χ1v) is 10.9. The highest BCUT2D eigenvalue weighted by molar-refractivity contribution is 7.89. The quantitative estimate of drug-likeness (QED) is 0.712. The van der Waals surface area contributed by atoms with Gasteiger partial charge in [-0.2, -0.15) is 4.31 Å². The van der Waals surface area contributed by atoms with Crippen LogP contribution in [0, 0.1) is 5.92 Å². The molecule has 0 bridgehead atoms. The molecule has 2 aliphatic rings. The van der Waals surface area contributed by atoms with Crippen LogP contribution >= 0.6 is 0 Å². The van der Waals surface area contributed by atoms with Crippen molar-refractivity contribution in [3.63, 3.8) is 0 Å². The molecule has 0 spiro atoms. The molecule has 0 saturated carbocycles. The van der Waals surface area contributed by atoms with Gasteiger partial charge in [0.25, 0.3) is 5.91 Å². The molecule has 2 fully saturated rings. The average Bonchev–Trinajstić information content (AvgIpc) is 3.23. The highest BCUT2D eigenvalue weighted by Gasteiger charge is 2.30. The van der Waals surface area contributed by atoms with Crippen molar-refractivity contribution in [2.24, 2.45) is 5.92 Å². The number of likely N-dealkylation sites (tertiary alicyclic amines) is 1. The van der Waals surface area contributed by atoms with Crippen molar-refractivity contribution < 1.29 is 22.7 Å². The van der Waals surface area contributed by atoms with Crippen LogP contribution in [-0.2, 0) is 19.6 Å². The fourth-order valence-electron chi connectivity index (χ4n) is 3.61. The molecule has 0 N–H and O–H groups in total. The molecule has 0 aliphatic carbocycles. The van der Waals surface area contributed by atoms with Crippen molar-refractivity contribution in [3.05, 3.63) is 29.8 Å². The molecule has 2 heterocycles. The van der Waals surface area contributed by atoms with Gasteiger partial charge in [-0.25, -0.2) is 8.42 Å². The summed E-state index contributed by atoms with van der Waals surface area (Å²) in [6.07, 6.45) is 2.95. The molecule has 7 nitrogen and oxygen atoms in total. The lowest BCUT2D eigenvalue weighted by molar-refractivity contribution is -0.149. The van der Waals surface area contributed by atoms with E-state index in [0.29, 0.717) is 51.2 Å². The molecule has 8 heteroatoms. The largest absolute Gasteiger partial charge is 0.466 e. The summed E-state index contributed by atoms with van der Waals surface area (Å²) in [6.45, 7) is 4.25. The van der Waals surface area contributed by atoms with Gasteiger partial charge >= 0.3 is 5.97 Å². The number of nitrogens with zero attached hydrogens (tertiary/aromatic N) is 2. The highest BCUT2D eigenvalue weighted by atomic mass is 32.2. The number of carbonyl (C=O) groups excluding carboxylic acids is 2. The molecule has 148 valence electrons. The number of hydrogen-bond acceptors (Lipinski definition) is 5. The molecule has 2 aliphatic heterocycles. The van der Waals surface area contributed by atoms with Gasteiger partial charge in [0.15, 0.2) is 0 Å². The number of ether oxygens (including phenoxy) is 1. The Kier molecular flexibility index (Phi) is 6.16. The summed E-state index contributed by atoms with van der Waals surface area (Å²) in [5, 5.41) is 0. The van der Waals surface area contributed by atoms with Gasteiger partial charge in [0.05, 0.1) is 17.4 Å². The van der Waals surface area contributed by atoms with Crippen LogP contribution in [0.5, 0.6) is 0 Å². The first-order chi connectivity index (χ1) is 12.9. The fourth-order valence-corrected chi connectivity index (χ4v) is 5.13. The minimum absolute atomic E-state index is 0.137. The maximum absolute atomic E-state index is 12.7. The van der Waals surface area contributed by atoms with Crippen molar-refractivity contribution in [3.8, 4) is 0 Å². The van der Waals surface area contributed by atoms with Crippen LogP contribution in [0.3, 0.4) is 0 Å². The fraction of sp³-hybridized carbons (Fsp3) is 0.579. The monoisotopic (exact) mass is 394 g/mol. The van der Waals surface area contributed by atoms with E-state index >= 15 is 0 Å². The van der Waals surface area contributed by atoms with Gasteiger partial charge in [0.2, 0.25) is 10.0 Å². The molecule has 1 aromatic carbocycles. The number of sulfonamides is 1. The van der Waals surface area contributed by atoms with Crippen molar-refractivity contribution >= 4 is 21.9 Å². The highest BCUT2D eigenvalue weighted by Crippen LogP contribution is 2.23. The van der Waals surface area contributed by atoms with Crippen molar-refractivity contribution in [1.82, 2.24) is 9.21 Å². The lowest BCUT2D eigenvalue weighted by atomic mass is 9.96. The molecule has 0 aromatic heterocycles. The molecule has 1 amide bonds. The van der Waals surface area contributed by atoms with E-state index in [-0.39, 0.29) is 22.7 Å². The maximum Gasteiger partial charge on any atom is 0.309 e. The third kappa shape index (κ3) is 4.32. The second-order valence-corrected chi connectivity index (χ2v) is 8.89. The minimum Gasteiger partial charge on any atom is -0.466 e. The third-order valence-corrected chi connectivity index (χ3v) is 7.12. The Labute approximate surface area is 160 Å². The Morgan fingerprint density at radius 2 is 1.63 bits per heavy atom. The second-order valence-electron chi connectivity index (χ2n) is 6.95. The minimum atomic E-state index is -3.47. The number of benzene rings is 1. The van der Waals surface area contributed by atoms with Gasteiger partial charge in [0.1, 0.15) is 0 Å². The number of piperidine rings is 1. The Morgan fingerprint density at radius 3 is 2.19 bits per heavy atom. The summed E-state index contributed by atoms with van der Waals surface area (Å²) >= 11 is 0. The normalized spacial score (nSPS) is 19.2. The Balaban J connectivity index is 1.62. The van der Waals surface area contributed by atoms with Crippen molar-refractivity contribution in [1.29, 1.82) is 0 Å². The van der Waals surface area contributed by atoms with Gasteiger partial charge < -0.3 is 9.64 Å². The summed E-state index contributed by atoms with van der Waals surface area (Å²) in [6, 6.07) is 6.16. The number of amides is 1. The van der Waals surface area contributed by atoms with Gasteiger partial charge in [-0.3, -0.25) is 9.59 Å². The van der Waals surface area contributed by atoms with E-state index in [2.05, 4.69) is 0 Å². The number of rotatable bonds is 5. The van der Waals surface area contributed by atoms with E-state index in [1.807, 2.05) is 0 Å².